The zero-order valence-corrected chi connectivity index (χ0v) is 39.5. The molecule has 3 saturated heterocycles. The van der Waals surface area contributed by atoms with Crippen molar-refractivity contribution in [3.05, 3.63) is 47.6 Å². The van der Waals surface area contributed by atoms with Crippen LogP contribution >= 0.6 is 0 Å². The number of ketones is 3. The number of fused-ring (bicyclic) bond motifs is 5. The first-order valence-electron chi connectivity index (χ1n) is 23.5. The molecule has 358 valence electrons. The predicted molar refractivity (Wildman–Crippen MR) is 238 cm³/mol. The second kappa shape index (κ2) is 22.9. The maximum Gasteiger partial charge on any atom is 0.329 e. The number of rotatable bonds is 5. The highest BCUT2D eigenvalue weighted by Gasteiger charge is 2.55. The van der Waals surface area contributed by atoms with E-state index in [-0.39, 0.29) is 60.7 Å². The number of carbonyl (C=O) groups is 5. The van der Waals surface area contributed by atoms with Gasteiger partial charge in [0.15, 0.2) is 5.78 Å². The Bertz CT molecular complexity index is 1790. The topological polar surface area (TPSA) is 195 Å². The molecule has 14 nitrogen and oxygen atoms in total. The minimum atomic E-state index is -2.42. The standard InChI is InChI=1S/C50H75NO13/c1-28-13-11-10-12-14-29(2)41(60-7)26-36-17-15-33(6)50(59,64-36)47(56)48(57)51-20-19-35-25-38(51)49(58)63-42(37(35)23-34-16-18-39(52)43(24-34)61-8)27-40(53)30(3)22-32(5)45(55)46(62-9)44(54)31(4)21-28/h10-14,22,28,30-31,33-39,41-43,45-46,52,55,59H,15-21,23-27H2,1-9H3/b12-10+,13-11+,29-14?,32-22+/t28-,30-,31-,33-,34+,35+,36+,37?,38+,39-,41+,42+,43-,45?,46+,50-/m1/s1. The van der Waals surface area contributed by atoms with Crippen LogP contribution in [0.1, 0.15) is 112 Å². The summed E-state index contributed by atoms with van der Waals surface area (Å²) in [6.07, 6.45) is 10.7. The van der Waals surface area contributed by atoms with Crippen molar-refractivity contribution in [2.45, 2.75) is 167 Å². The van der Waals surface area contributed by atoms with Crippen molar-refractivity contribution in [2.75, 3.05) is 27.9 Å². The van der Waals surface area contributed by atoms with Gasteiger partial charge in [-0.15, -0.1) is 0 Å². The van der Waals surface area contributed by atoms with Gasteiger partial charge in [0.25, 0.3) is 11.7 Å². The Morgan fingerprint density at radius 1 is 0.828 bits per heavy atom. The van der Waals surface area contributed by atoms with Gasteiger partial charge in [-0.3, -0.25) is 19.2 Å². The molecule has 4 fully saturated rings. The average Bonchev–Trinajstić information content (AvgIpc) is 3.36. The molecular weight excluding hydrogens is 823 g/mol. The number of esters is 1. The quantitative estimate of drug-likeness (QED) is 0.181. The molecule has 16 atom stereocenters. The number of methoxy groups -OCH3 is 3. The van der Waals surface area contributed by atoms with Gasteiger partial charge in [-0.1, -0.05) is 64.2 Å². The minimum absolute atomic E-state index is 0.0230. The average molecular weight is 898 g/mol. The molecular formula is C50H75NO13. The van der Waals surface area contributed by atoms with E-state index in [4.69, 9.17) is 23.7 Å². The van der Waals surface area contributed by atoms with Crippen LogP contribution in [0.2, 0.25) is 0 Å². The molecule has 0 spiro atoms. The third-order valence-electron chi connectivity index (χ3n) is 15.0. The molecule has 1 amide bonds. The Balaban J connectivity index is 1.49. The van der Waals surface area contributed by atoms with Crippen LogP contribution in [0.5, 0.6) is 0 Å². The summed E-state index contributed by atoms with van der Waals surface area (Å²) in [6, 6.07) is -1.12. The molecule has 0 aromatic rings. The maximum absolute atomic E-state index is 14.3. The van der Waals surface area contributed by atoms with Gasteiger partial charge in [0.1, 0.15) is 30.1 Å². The van der Waals surface area contributed by atoms with Gasteiger partial charge in [-0.25, -0.2) is 4.79 Å². The van der Waals surface area contributed by atoms with E-state index in [1.807, 2.05) is 51.2 Å². The number of ether oxygens (including phenoxy) is 5. The number of hydrogen-bond acceptors (Lipinski definition) is 13. The van der Waals surface area contributed by atoms with Gasteiger partial charge in [-0.2, -0.15) is 0 Å². The van der Waals surface area contributed by atoms with Crippen molar-refractivity contribution in [2.24, 2.45) is 41.4 Å². The SMILES string of the molecule is CO[C@H]1C[C@@H]2CC[C@@H](C)[C@@](O)(O2)C(=O)C(=O)N2CC[C@H]3C[C@H]2C(=O)O[C@@H](CC(=O)[C@H](C)/C=C(\C)C(O)[C@@H](OC)C(=O)[C@H](C)C[C@H](C)/C=C/C=C/C=C1C)C3C[C@@H]1CC[C@@H](O)[C@H](OC)C1. The molecule has 5 aliphatic rings. The van der Waals surface area contributed by atoms with E-state index in [0.29, 0.717) is 56.9 Å². The molecule has 14 heteroatoms. The predicted octanol–water partition coefficient (Wildman–Crippen LogP) is 5.40. The fourth-order valence-electron chi connectivity index (χ4n) is 10.8. The van der Waals surface area contributed by atoms with Gasteiger partial charge in [0, 0.05) is 58.5 Å². The van der Waals surface area contributed by atoms with Gasteiger partial charge in [0.2, 0.25) is 5.79 Å². The lowest BCUT2D eigenvalue weighted by Gasteiger charge is -2.43. The molecule has 5 rings (SSSR count). The summed E-state index contributed by atoms with van der Waals surface area (Å²) >= 11 is 0. The van der Waals surface area contributed by atoms with Crippen LogP contribution in [-0.2, 0) is 47.7 Å². The van der Waals surface area contributed by atoms with E-state index in [1.54, 1.807) is 41.1 Å². The van der Waals surface area contributed by atoms with Gasteiger partial charge in [0.05, 0.1) is 24.4 Å². The van der Waals surface area contributed by atoms with Gasteiger partial charge >= 0.3 is 5.97 Å². The third-order valence-corrected chi connectivity index (χ3v) is 15.0. The number of hydrogen-bond donors (Lipinski definition) is 3. The molecule has 1 aliphatic carbocycles. The molecule has 4 heterocycles. The Kier molecular flexibility index (Phi) is 18.5. The highest BCUT2D eigenvalue weighted by atomic mass is 16.6. The highest BCUT2D eigenvalue weighted by Crippen LogP contribution is 2.44. The lowest BCUT2D eigenvalue weighted by Crippen LogP contribution is -2.61. The van der Waals surface area contributed by atoms with Gasteiger partial charge < -0.3 is 43.9 Å². The Labute approximate surface area is 379 Å². The summed E-state index contributed by atoms with van der Waals surface area (Å²) < 4.78 is 29.4. The Morgan fingerprint density at radius 3 is 2.25 bits per heavy atom. The van der Waals surface area contributed by atoms with Crippen LogP contribution in [0.3, 0.4) is 0 Å². The first-order valence-corrected chi connectivity index (χ1v) is 23.5. The largest absolute Gasteiger partial charge is 0.460 e. The van der Waals surface area contributed by atoms with E-state index in [9.17, 15) is 39.3 Å². The highest BCUT2D eigenvalue weighted by molar-refractivity contribution is 6.39. The lowest BCUT2D eigenvalue weighted by molar-refractivity contribution is -0.265. The van der Waals surface area contributed by atoms with Crippen LogP contribution in [0.15, 0.2) is 47.6 Å². The molecule has 0 aromatic carbocycles. The van der Waals surface area contributed by atoms with Crippen molar-refractivity contribution in [1.82, 2.24) is 4.90 Å². The third kappa shape index (κ3) is 12.1. The molecule has 0 aromatic heterocycles. The first-order chi connectivity index (χ1) is 30.3. The fraction of sp³-hybridized carbons (Fsp3) is 0.740. The van der Waals surface area contributed by atoms with E-state index in [1.165, 1.54) is 12.0 Å². The number of Topliss-reactive ketones (excluding diaryl/α,β-unsaturated/α-hetero) is 3. The zero-order chi connectivity index (χ0) is 47.0. The number of piperidine rings is 1. The maximum atomic E-state index is 14.3. The minimum Gasteiger partial charge on any atom is -0.460 e. The van der Waals surface area contributed by atoms with E-state index >= 15 is 0 Å². The number of carbonyl (C=O) groups excluding carboxylic acids is 5. The van der Waals surface area contributed by atoms with Crippen LogP contribution in [-0.4, -0.2) is 132 Å². The molecule has 3 N–H and O–H groups in total. The number of nitrogens with zero attached hydrogens (tertiary/aromatic N) is 1. The van der Waals surface area contributed by atoms with Crippen molar-refractivity contribution in [3.8, 4) is 0 Å². The van der Waals surface area contributed by atoms with Crippen LogP contribution in [0.25, 0.3) is 0 Å². The Hall–Kier alpha value is -3.37. The fourth-order valence-corrected chi connectivity index (χ4v) is 10.8. The molecule has 2 unspecified atom stereocenters. The first kappa shape index (κ1) is 51.6. The van der Waals surface area contributed by atoms with Crippen molar-refractivity contribution in [3.63, 3.8) is 0 Å². The summed E-state index contributed by atoms with van der Waals surface area (Å²) in [7, 11) is 4.53. The number of amides is 1. The van der Waals surface area contributed by atoms with E-state index in [0.717, 1.165) is 12.0 Å². The summed E-state index contributed by atoms with van der Waals surface area (Å²) in [5.74, 6) is -7.96. The normalized spacial score (nSPS) is 42.3. The van der Waals surface area contributed by atoms with Crippen LogP contribution in [0, 0.1) is 41.4 Å². The van der Waals surface area contributed by atoms with Crippen molar-refractivity contribution < 1.29 is 63.0 Å². The summed E-state index contributed by atoms with van der Waals surface area (Å²) in [4.78, 5) is 71.8. The lowest BCUT2D eigenvalue weighted by atomic mass is 9.71. The van der Waals surface area contributed by atoms with E-state index < -0.39 is 83.9 Å². The summed E-state index contributed by atoms with van der Waals surface area (Å²) in [5, 5.41) is 34.0. The number of aliphatic hydroxyl groups is 3. The van der Waals surface area contributed by atoms with Crippen molar-refractivity contribution >= 4 is 29.2 Å². The van der Waals surface area contributed by atoms with Crippen LogP contribution < -0.4 is 0 Å². The Morgan fingerprint density at radius 2 is 1.56 bits per heavy atom. The van der Waals surface area contributed by atoms with Crippen LogP contribution in [0.4, 0.5) is 0 Å². The number of aliphatic hydroxyl groups excluding tert-OH is 2. The molecule has 1 saturated carbocycles. The molecule has 4 aliphatic heterocycles. The molecule has 5 bridgehead atoms. The van der Waals surface area contributed by atoms with Gasteiger partial charge in [-0.05, 0) is 106 Å². The second-order valence-electron chi connectivity index (χ2n) is 19.6. The monoisotopic (exact) mass is 898 g/mol. The second-order valence-corrected chi connectivity index (χ2v) is 19.6. The van der Waals surface area contributed by atoms with E-state index in [2.05, 4.69) is 0 Å². The number of allylic oxidation sites excluding steroid dienone is 6. The molecule has 64 heavy (non-hydrogen) atoms. The molecule has 0 radical (unpaired) electrons. The summed E-state index contributed by atoms with van der Waals surface area (Å²) in [5.41, 5.74) is 1.28. The van der Waals surface area contributed by atoms with Crippen molar-refractivity contribution in [1.29, 1.82) is 0 Å². The zero-order valence-electron chi connectivity index (χ0n) is 39.5. The smallest absolute Gasteiger partial charge is 0.329 e. The summed E-state index contributed by atoms with van der Waals surface area (Å²) in [6.45, 7) is 10.8.